The lowest BCUT2D eigenvalue weighted by Gasteiger charge is -2.18. The highest BCUT2D eigenvalue weighted by Crippen LogP contribution is 2.23. The Kier molecular flexibility index (Phi) is 6.36. The predicted molar refractivity (Wildman–Crippen MR) is 72.8 cm³/mol. The highest BCUT2D eigenvalue weighted by molar-refractivity contribution is 9.09. The van der Waals surface area contributed by atoms with Crippen LogP contribution in [-0.4, -0.2) is 53.7 Å². The Morgan fingerprint density at radius 1 is 1.50 bits per heavy atom. The predicted octanol–water partition coefficient (Wildman–Crippen LogP) is 1.15. The minimum atomic E-state index is -4.16. The molecule has 0 aliphatic heterocycles. The highest BCUT2D eigenvalue weighted by Gasteiger charge is 2.30. The summed E-state index contributed by atoms with van der Waals surface area (Å²) >= 11 is 3.61. The van der Waals surface area contributed by atoms with E-state index in [2.05, 4.69) is 31.4 Å². The summed E-state index contributed by atoms with van der Waals surface area (Å²) in [5, 5.41) is 9.36. The van der Waals surface area contributed by atoms with Crippen molar-refractivity contribution >= 4 is 48.3 Å². The van der Waals surface area contributed by atoms with Gasteiger partial charge in [-0.05, 0) is 0 Å². The van der Waals surface area contributed by atoms with E-state index in [1.165, 1.54) is 6.92 Å². The smallest absolute Gasteiger partial charge is 0.272 e. The maximum Gasteiger partial charge on any atom is 0.272 e. The Hall–Kier alpha value is -0.720. The van der Waals surface area contributed by atoms with E-state index < -0.39 is 33.2 Å². The standard InChI is InChI=1S/C8H11BrF2N4O3S2/c1-5(16)12-7-13-14-8(19-7)20(17,18)15(3-2-9)4-6(10)11/h6H,2-4H2,1H3,(H,12,13,16). The molecule has 12 heteroatoms. The van der Waals surface area contributed by atoms with Crippen LogP contribution in [-0.2, 0) is 14.8 Å². The first-order valence-corrected chi connectivity index (χ1v) is 8.60. The molecule has 0 aromatic carbocycles. The molecule has 0 spiro atoms. The van der Waals surface area contributed by atoms with Crippen LogP contribution in [0.2, 0.25) is 0 Å². The van der Waals surface area contributed by atoms with Gasteiger partial charge in [0.2, 0.25) is 15.4 Å². The van der Waals surface area contributed by atoms with Crippen molar-refractivity contribution in [1.29, 1.82) is 0 Å². The number of rotatable bonds is 7. The molecule has 0 aliphatic carbocycles. The lowest BCUT2D eigenvalue weighted by atomic mass is 10.6. The minimum absolute atomic E-state index is 0.00749. The Morgan fingerprint density at radius 3 is 2.65 bits per heavy atom. The number of halogens is 3. The number of sulfonamides is 1. The van der Waals surface area contributed by atoms with Crippen molar-refractivity contribution in [1.82, 2.24) is 14.5 Å². The summed E-state index contributed by atoms with van der Waals surface area (Å²) in [5.41, 5.74) is 0. The van der Waals surface area contributed by atoms with Crippen LogP contribution in [0.4, 0.5) is 13.9 Å². The van der Waals surface area contributed by atoms with Crippen LogP contribution in [0.25, 0.3) is 0 Å². The van der Waals surface area contributed by atoms with Crippen molar-refractivity contribution in [3.05, 3.63) is 0 Å². The maximum absolute atomic E-state index is 12.4. The van der Waals surface area contributed by atoms with Gasteiger partial charge in [0.05, 0.1) is 6.54 Å². The Labute approximate surface area is 126 Å². The van der Waals surface area contributed by atoms with E-state index in [-0.39, 0.29) is 17.0 Å². The molecule has 1 N–H and O–H groups in total. The number of hydrogen-bond donors (Lipinski definition) is 1. The minimum Gasteiger partial charge on any atom is -0.301 e. The number of anilines is 1. The summed E-state index contributed by atoms with van der Waals surface area (Å²) in [4.78, 5) is 10.8. The van der Waals surface area contributed by atoms with Crippen LogP contribution in [0.5, 0.6) is 0 Å². The lowest BCUT2D eigenvalue weighted by molar-refractivity contribution is -0.114. The molecule has 0 atom stereocenters. The van der Waals surface area contributed by atoms with Crippen LogP contribution in [0, 0.1) is 0 Å². The zero-order chi connectivity index (χ0) is 15.3. The van der Waals surface area contributed by atoms with Gasteiger partial charge in [-0.25, -0.2) is 17.2 Å². The van der Waals surface area contributed by atoms with Crippen LogP contribution in [0.3, 0.4) is 0 Å². The summed E-state index contributed by atoms with van der Waals surface area (Å²) in [6.45, 7) is 0.175. The molecule has 1 amide bonds. The van der Waals surface area contributed by atoms with Crippen LogP contribution in [0.15, 0.2) is 4.34 Å². The molecule has 114 valence electrons. The van der Waals surface area contributed by atoms with Gasteiger partial charge >= 0.3 is 0 Å². The number of carbonyl (C=O) groups excluding carboxylic acids is 1. The molecule has 0 fully saturated rings. The van der Waals surface area contributed by atoms with Crippen LogP contribution in [0.1, 0.15) is 6.92 Å². The van der Waals surface area contributed by atoms with E-state index in [9.17, 15) is 22.0 Å². The highest BCUT2D eigenvalue weighted by atomic mass is 79.9. The van der Waals surface area contributed by atoms with Gasteiger partial charge in [-0.15, -0.1) is 10.2 Å². The van der Waals surface area contributed by atoms with Crippen molar-refractivity contribution in [2.24, 2.45) is 0 Å². The molecule has 0 radical (unpaired) electrons. The van der Waals surface area contributed by atoms with E-state index >= 15 is 0 Å². The Balaban J connectivity index is 3.00. The number of hydrogen-bond acceptors (Lipinski definition) is 6. The van der Waals surface area contributed by atoms with E-state index in [4.69, 9.17) is 0 Å². The quantitative estimate of drug-likeness (QED) is 0.554. The summed E-state index contributed by atoms with van der Waals surface area (Å²) in [6, 6.07) is 0. The first kappa shape index (κ1) is 17.3. The van der Waals surface area contributed by atoms with E-state index in [1.54, 1.807) is 0 Å². The van der Waals surface area contributed by atoms with Gasteiger partial charge in [-0.1, -0.05) is 27.3 Å². The first-order valence-electron chi connectivity index (χ1n) is 5.22. The molecule has 0 unspecified atom stereocenters. The summed E-state index contributed by atoms with van der Waals surface area (Å²) in [5.74, 6) is -0.435. The first-order chi connectivity index (χ1) is 9.27. The molecule has 1 heterocycles. The van der Waals surface area contributed by atoms with Crippen LogP contribution < -0.4 is 5.32 Å². The van der Waals surface area contributed by atoms with Crippen molar-refractivity contribution in [2.45, 2.75) is 17.7 Å². The van der Waals surface area contributed by atoms with Crippen molar-refractivity contribution in [2.75, 3.05) is 23.7 Å². The van der Waals surface area contributed by atoms with E-state index in [1.807, 2.05) is 0 Å². The molecular formula is C8H11BrF2N4O3S2. The zero-order valence-corrected chi connectivity index (χ0v) is 13.4. The molecule has 0 saturated carbocycles. The molecule has 1 aromatic rings. The number of aromatic nitrogens is 2. The number of alkyl halides is 3. The van der Waals surface area contributed by atoms with E-state index in [0.29, 0.717) is 15.6 Å². The number of nitrogens with one attached hydrogen (secondary N) is 1. The Morgan fingerprint density at radius 2 is 2.15 bits per heavy atom. The third kappa shape index (κ3) is 4.68. The third-order valence-electron chi connectivity index (χ3n) is 1.93. The monoisotopic (exact) mass is 392 g/mol. The van der Waals surface area contributed by atoms with Crippen molar-refractivity contribution in [3.63, 3.8) is 0 Å². The molecule has 0 aliphatic rings. The fourth-order valence-electron chi connectivity index (χ4n) is 1.18. The summed E-state index contributed by atoms with van der Waals surface area (Å²) < 4.78 is 49.3. The average Bonchev–Trinajstić information content (AvgIpc) is 2.76. The van der Waals surface area contributed by atoms with Gasteiger partial charge < -0.3 is 5.32 Å². The van der Waals surface area contributed by atoms with Gasteiger partial charge in [-0.3, -0.25) is 4.79 Å². The zero-order valence-electron chi connectivity index (χ0n) is 10.2. The van der Waals surface area contributed by atoms with Crippen molar-refractivity contribution in [3.8, 4) is 0 Å². The molecule has 0 saturated heterocycles. The van der Waals surface area contributed by atoms with Gasteiger partial charge in [0.25, 0.3) is 16.4 Å². The molecule has 7 nitrogen and oxygen atoms in total. The molecule has 1 aromatic heterocycles. The molecular weight excluding hydrogens is 382 g/mol. The third-order valence-corrected chi connectivity index (χ3v) is 5.33. The van der Waals surface area contributed by atoms with Gasteiger partial charge in [-0.2, -0.15) is 4.31 Å². The average molecular weight is 393 g/mol. The Bertz CT molecular complexity index is 566. The normalized spacial score (nSPS) is 12.1. The second-order valence-electron chi connectivity index (χ2n) is 3.50. The number of carbonyl (C=O) groups is 1. The van der Waals surface area contributed by atoms with E-state index in [0.717, 1.165) is 0 Å². The topological polar surface area (TPSA) is 92.3 Å². The molecule has 20 heavy (non-hydrogen) atoms. The van der Waals surface area contributed by atoms with Crippen LogP contribution >= 0.6 is 27.3 Å². The van der Waals surface area contributed by atoms with Gasteiger partial charge in [0.15, 0.2) is 0 Å². The summed E-state index contributed by atoms with van der Waals surface area (Å²) in [7, 11) is -4.16. The number of nitrogens with zero attached hydrogens (tertiary/aromatic N) is 3. The lowest BCUT2D eigenvalue weighted by Crippen LogP contribution is -2.36. The van der Waals surface area contributed by atoms with Crippen molar-refractivity contribution < 1.29 is 22.0 Å². The molecule has 1 rings (SSSR count). The second kappa shape index (κ2) is 7.33. The molecule has 0 bridgehead atoms. The van der Waals surface area contributed by atoms with Gasteiger partial charge in [0.1, 0.15) is 0 Å². The largest absolute Gasteiger partial charge is 0.301 e. The number of amides is 1. The summed E-state index contributed by atoms with van der Waals surface area (Å²) in [6.07, 6.45) is -2.80. The second-order valence-corrected chi connectivity index (χ2v) is 7.38. The fourth-order valence-corrected chi connectivity index (χ4v) is 4.35. The SMILES string of the molecule is CC(=O)Nc1nnc(S(=O)(=O)N(CCBr)CC(F)F)s1. The van der Waals surface area contributed by atoms with Gasteiger partial charge in [0, 0.05) is 18.8 Å². The maximum atomic E-state index is 12.4. The fraction of sp³-hybridized carbons (Fsp3) is 0.625.